The Kier molecular flexibility index (Phi) is 10.4. The van der Waals surface area contributed by atoms with Crippen molar-refractivity contribution in [3.8, 4) is 23.8 Å². The lowest BCUT2D eigenvalue weighted by Gasteiger charge is -2.23. The first-order valence-corrected chi connectivity index (χ1v) is 11.4. The quantitative estimate of drug-likeness (QED) is 0.401. The monoisotopic (exact) mass is 525 g/mol. The first kappa shape index (κ1) is 29.5. The van der Waals surface area contributed by atoms with E-state index in [9.17, 15) is 13.2 Å². The van der Waals surface area contributed by atoms with Gasteiger partial charge < -0.3 is 19.9 Å². The zero-order valence-electron chi connectivity index (χ0n) is 21.0. The number of carbonyl (C=O) groups is 1. The molecular formula is C23H30F3N7O4. The molecule has 2 heterocycles. The molecule has 0 fully saturated rings. The lowest BCUT2D eigenvalue weighted by atomic mass is 10.00. The van der Waals surface area contributed by atoms with Gasteiger partial charge in [0.05, 0.1) is 20.3 Å². The van der Waals surface area contributed by atoms with Crippen molar-refractivity contribution in [2.45, 2.75) is 64.0 Å². The van der Waals surface area contributed by atoms with E-state index in [1.54, 1.807) is 14.2 Å². The van der Waals surface area contributed by atoms with Gasteiger partial charge in [-0.15, -0.1) is 17.4 Å². The summed E-state index contributed by atoms with van der Waals surface area (Å²) in [6.07, 6.45) is 3.42. The van der Waals surface area contributed by atoms with Gasteiger partial charge in [0, 0.05) is 37.9 Å². The van der Waals surface area contributed by atoms with Gasteiger partial charge in [0.15, 0.2) is 11.5 Å². The van der Waals surface area contributed by atoms with E-state index < -0.39 is 12.1 Å². The van der Waals surface area contributed by atoms with Crippen LogP contribution in [0.1, 0.15) is 55.6 Å². The summed E-state index contributed by atoms with van der Waals surface area (Å²) in [4.78, 5) is 8.90. The topological polar surface area (TPSA) is 136 Å². The molecule has 1 aliphatic rings. The number of benzene rings is 1. The van der Waals surface area contributed by atoms with Crippen LogP contribution in [0.5, 0.6) is 11.5 Å². The number of nitrogens with zero attached hydrogens (tertiary/aromatic N) is 6. The maximum Gasteiger partial charge on any atom is 0.490 e. The van der Waals surface area contributed by atoms with Crippen LogP contribution in [0.25, 0.3) is 0 Å². The summed E-state index contributed by atoms with van der Waals surface area (Å²) >= 11 is 0. The number of hydrogen-bond donors (Lipinski definition) is 2. The zero-order valence-corrected chi connectivity index (χ0v) is 21.0. The van der Waals surface area contributed by atoms with Gasteiger partial charge in [0.2, 0.25) is 0 Å². The third kappa shape index (κ3) is 8.14. The highest BCUT2D eigenvalue weighted by atomic mass is 19.4. The molecule has 202 valence electrons. The number of aliphatic carboxylic acids is 1. The highest BCUT2D eigenvalue weighted by molar-refractivity contribution is 5.73. The number of nitrogens with one attached hydrogen (secondary N) is 1. The Morgan fingerprint density at radius 1 is 1.24 bits per heavy atom. The lowest BCUT2D eigenvalue weighted by molar-refractivity contribution is -0.192. The molecule has 0 saturated heterocycles. The Hall–Kier alpha value is -3.73. The van der Waals surface area contributed by atoms with Crippen molar-refractivity contribution in [2.75, 3.05) is 20.8 Å². The number of carboxylic acids is 1. The minimum atomic E-state index is -5.08. The van der Waals surface area contributed by atoms with Gasteiger partial charge in [0.25, 0.3) is 0 Å². The number of aromatic nitrogens is 4. The third-order valence-electron chi connectivity index (χ3n) is 5.48. The van der Waals surface area contributed by atoms with E-state index >= 15 is 0 Å². The predicted octanol–water partition coefficient (Wildman–Crippen LogP) is 3.69. The van der Waals surface area contributed by atoms with Crippen molar-refractivity contribution < 1.29 is 32.5 Å². The van der Waals surface area contributed by atoms with Gasteiger partial charge in [-0.05, 0) is 41.5 Å². The van der Waals surface area contributed by atoms with Gasteiger partial charge >= 0.3 is 12.1 Å². The largest absolute Gasteiger partial charge is 0.496 e. The van der Waals surface area contributed by atoms with Gasteiger partial charge in [-0.2, -0.15) is 23.4 Å². The van der Waals surface area contributed by atoms with Crippen molar-refractivity contribution in [1.82, 2.24) is 25.5 Å². The average Bonchev–Trinajstić information content (AvgIpc) is 3.48. The number of aryl methyl sites for hydroxylation is 2. The molecule has 3 rings (SSSR count). The summed E-state index contributed by atoms with van der Waals surface area (Å²) in [5.41, 5.74) is 1.55. The summed E-state index contributed by atoms with van der Waals surface area (Å²) in [7, 11) is 3.32. The number of terminal acetylenes is 1. The van der Waals surface area contributed by atoms with Crippen molar-refractivity contribution in [1.29, 1.82) is 0 Å². The van der Waals surface area contributed by atoms with Crippen molar-refractivity contribution in [3.05, 3.63) is 29.1 Å². The molecule has 1 aromatic heterocycles. The second-order valence-corrected chi connectivity index (χ2v) is 8.15. The number of alkyl halides is 3. The van der Waals surface area contributed by atoms with Crippen LogP contribution in [-0.2, 0) is 11.3 Å². The molecule has 1 unspecified atom stereocenters. The van der Waals surface area contributed by atoms with Crippen LogP contribution in [0.15, 0.2) is 22.4 Å². The maximum absolute atomic E-state index is 10.6. The number of halogens is 3. The smallest absolute Gasteiger partial charge is 0.490 e. The van der Waals surface area contributed by atoms with Crippen molar-refractivity contribution in [3.63, 3.8) is 0 Å². The fourth-order valence-electron chi connectivity index (χ4n) is 3.51. The second-order valence-electron chi connectivity index (χ2n) is 8.15. The highest BCUT2D eigenvalue weighted by Crippen LogP contribution is 2.38. The number of carboxylic acid groups (broad SMARTS) is 1. The highest BCUT2D eigenvalue weighted by Gasteiger charge is 2.39. The normalized spacial score (nSPS) is 14.2. The molecular weight excluding hydrogens is 495 g/mol. The van der Waals surface area contributed by atoms with E-state index in [-0.39, 0.29) is 11.7 Å². The van der Waals surface area contributed by atoms with E-state index in [0.717, 1.165) is 54.3 Å². The number of ether oxygens (including phenoxy) is 2. The van der Waals surface area contributed by atoms with Crippen molar-refractivity contribution >= 4 is 5.97 Å². The van der Waals surface area contributed by atoms with Crippen LogP contribution >= 0.6 is 0 Å². The maximum atomic E-state index is 10.6. The first-order chi connectivity index (χ1) is 17.5. The first-order valence-electron chi connectivity index (χ1n) is 11.4. The Balaban J connectivity index is 0.000000604. The Labute approximate surface area is 212 Å². The van der Waals surface area contributed by atoms with Gasteiger partial charge in [-0.1, -0.05) is 6.92 Å². The standard InChI is InChI=1S/C21H29N7O2.C2HF3O2/c1-6-8-9-21(24-25-21)10-11-22-19(20-23-26-27-28(20)12-7-2)16-14-17(29-4)15(3)13-18(16)30-5;3-2(4,5)1(6)7/h1,13-14,19,22H,7-12H2,2-5H3;(H,6,7). The van der Waals surface area contributed by atoms with Gasteiger partial charge in [0.1, 0.15) is 11.5 Å². The molecule has 11 nitrogen and oxygen atoms in total. The molecule has 2 N–H and O–H groups in total. The van der Waals surface area contributed by atoms with E-state index in [1.807, 2.05) is 23.7 Å². The van der Waals surface area contributed by atoms with Gasteiger partial charge in [-0.3, -0.25) is 0 Å². The molecule has 0 spiro atoms. The molecule has 0 amide bonds. The molecule has 2 aromatic rings. The molecule has 1 aromatic carbocycles. The molecule has 1 aliphatic heterocycles. The predicted molar refractivity (Wildman–Crippen MR) is 126 cm³/mol. The van der Waals surface area contributed by atoms with Gasteiger partial charge in [-0.25, -0.2) is 9.48 Å². The lowest BCUT2D eigenvalue weighted by Crippen LogP contribution is -2.30. The van der Waals surface area contributed by atoms with Crippen LogP contribution in [-0.4, -0.2) is 63.9 Å². The summed E-state index contributed by atoms with van der Waals surface area (Å²) in [5.74, 6) is 2.17. The van der Waals surface area contributed by atoms with E-state index in [1.165, 1.54) is 0 Å². The number of tetrazole rings is 1. The molecule has 0 bridgehead atoms. The Bertz CT molecular complexity index is 1120. The third-order valence-corrected chi connectivity index (χ3v) is 5.48. The Morgan fingerprint density at radius 3 is 2.41 bits per heavy atom. The van der Waals surface area contributed by atoms with Crippen LogP contribution in [0, 0.1) is 19.3 Å². The molecule has 1 atom stereocenters. The number of hydrogen-bond acceptors (Lipinski definition) is 9. The summed E-state index contributed by atoms with van der Waals surface area (Å²) in [6, 6.07) is 3.67. The molecule has 14 heteroatoms. The molecule has 0 radical (unpaired) electrons. The molecule has 37 heavy (non-hydrogen) atoms. The van der Waals surface area contributed by atoms with E-state index in [4.69, 9.17) is 25.8 Å². The zero-order chi connectivity index (χ0) is 27.6. The minimum Gasteiger partial charge on any atom is -0.496 e. The van der Waals surface area contributed by atoms with E-state index in [0.29, 0.717) is 13.0 Å². The molecule has 0 saturated carbocycles. The SMILES string of the molecule is C#CCCC1(CCNC(c2cc(OC)c(C)cc2OC)c2nnnn2CCC)N=N1.O=C(O)C(F)(F)F. The van der Waals surface area contributed by atoms with Crippen LogP contribution in [0.2, 0.25) is 0 Å². The fourth-order valence-corrected chi connectivity index (χ4v) is 3.51. The summed E-state index contributed by atoms with van der Waals surface area (Å²) in [6.45, 7) is 5.47. The van der Waals surface area contributed by atoms with Crippen LogP contribution < -0.4 is 14.8 Å². The van der Waals surface area contributed by atoms with Crippen LogP contribution in [0.3, 0.4) is 0 Å². The average molecular weight is 526 g/mol. The fraction of sp³-hybridized carbons (Fsp3) is 0.565. The molecule has 0 aliphatic carbocycles. The Morgan fingerprint density at radius 2 is 1.89 bits per heavy atom. The van der Waals surface area contributed by atoms with Crippen LogP contribution in [0.4, 0.5) is 13.2 Å². The second kappa shape index (κ2) is 13.0. The minimum absolute atomic E-state index is 0.278. The number of rotatable bonds is 12. The summed E-state index contributed by atoms with van der Waals surface area (Å²) < 4.78 is 44.8. The number of methoxy groups -OCH3 is 2. The van der Waals surface area contributed by atoms with Crippen molar-refractivity contribution in [2.24, 2.45) is 10.2 Å². The summed E-state index contributed by atoms with van der Waals surface area (Å²) in [5, 5.41) is 31.5. The van der Waals surface area contributed by atoms with E-state index in [2.05, 4.69) is 43.9 Å².